The number of hydrogen-bond acceptors (Lipinski definition) is 7. The van der Waals surface area contributed by atoms with Gasteiger partial charge in [-0.25, -0.2) is 4.98 Å². The van der Waals surface area contributed by atoms with Crippen LogP contribution in [0.3, 0.4) is 0 Å². The van der Waals surface area contributed by atoms with Crippen molar-refractivity contribution >= 4 is 11.7 Å². The second-order valence-electron chi connectivity index (χ2n) is 10.9. The van der Waals surface area contributed by atoms with Crippen LogP contribution in [-0.4, -0.2) is 110 Å². The van der Waals surface area contributed by atoms with Gasteiger partial charge in [-0.3, -0.25) is 9.69 Å². The molecule has 3 aliphatic rings. The van der Waals surface area contributed by atoms with Crippen molar-refractivity contribution in [3.63, 3.8) is 0 Å². The average molecular weight is 522 g/mol. The Morgan fingerprint density at radius 1 is 0.974 bits per heavy atom. The van der Waals surface area contributed by atoms with E-state index in [1.807, 2.05) is 41.3 Å². The molecule has 3 saturated heterocycles. The minimum absolute atomic E-state index is 0.0716. The van der Waals surface area contributed by atoms with Crippen molar-refractivity contribution < 1.29 is 14.3 Å². The third-order valence-electron chi connectivity index (χ3n) is 8.33. The number of likely N-dealkylation sites (N-methyl/N-ethyl adjacent to an activating group) is 1. The van der Waals surface area contributed by atoms with Gasteiger partial charge in [0, 0.05) is 64.0 Å². The number of hydrogen-bond donors (Lipinski definition) is 0. The van der Waals surface area contributed by atoms with Crippen LogP contribution >= 0.6 is 0 Å². The summed E-state index contributed by atoms with van der Waals surface area (Å²) in [5.41, 5.74) is 2.42. The van der Waals surface area contributed by atoms with E-state index in [0.717, 1.165) is 81.5 Å². The maximum absolute atomic E-state index is 13.9. The predicted molar refractivity (Wildman–Crippen MR) is 151 cm³/mol. The van der Waals surface area contributed by atoms with Crippen LogP contribution in [0.1, 0.15) is 44.0 Å². The van der Waals surface area contributed by atoms with Crippen LogP contribution in [0, 0.1) is 0 Å². The average Bonchev–Trinajstić information content (AvgIpc) is 2.96. The lowest BCUT2D eigenvalue weighted by atomic mass is 10.0. The highest BCUT2D eigenvalue weighted by Crippen LogP contribution is 2.33. The van der Waals surface area contributed by atoms with Gasteiger partial charge in [-0.05, 0) is 57.5 Å². The van der Waals surface area contributed by atoms with Gasteiger partial charge in [0.15, 0.2) is 0 Å². The second kappa shape index (κ2) is 12.0. The number of benzene rings is 1. The molecule has 2 aromatic rings. The molecule has 3 fully saturated rings. The van der Waals surface area contributed by atoms with E-state index in [1.165, 1.54) is 0 Å². The van der Waals surface area contributed by atoms with Crippen molar-refractivity contribution in [1.82, 2.24) is 19.7 Å². The van der Waals surface area contributed by atoms with Gasteiger partial charge in [0.2, 0.25) is 0 Å². The van der Waals surface area contributed by atoms with E-state index in [0.29, 0.717) is 24.7 Å². The van der Waals surface area contributed by atoms with Gasteiger partial charge in [-0.2, -0.15) is 0 Å². The van der Waals surface area contributed by atoms with Crippen molar-refractivity contribution in [2.45, 2.75) is 51.9 Å². The first-order valence-corrected chi connectivity index (χ1v) is 14.3. The van der Waals surface area contributed by atoms with Gasteiger partial charge >= 0.3 is 0 Å². The molecule has 8 heteroatoms. The van der Waals surface area contributed by atoms with Crippen molar-refractivity contribution in [2.75, 3.05) is 70.9 Å². The number of likely N-dealkylation sites (tertiary alicyclic amines) is 1. The van der Waals surface area contributed by atoms with Crippen LogP contribution in [0.2, 0.25) is 0 Å². The number of aromatic nitrogens is 1. The number of carbonyl (C=O) groups excluding carboxylic acids is 1. The minimum atomic E-state index is 0.0716. The number of rotatable bonds is 6. The number of ether oxygens (including phenoxy) is 2. The van der Waals surface area contributed by atoms with Crippen molar-refractivity contribution in [3.05, 3.63) is 42.0 Å². The Bertz CT molecular complexity index is 1090. The fourth-order valence-electron chi connectivity index (χ4n) is 6.26. The molecule has 0 saturated carbocycles. The molecule has 0 spiro atoms. The standard InChI is InChI=1S/C30H43N5O3/c1-5-32-16-18-33(19-17-32)24-12-14-34(15-13-24)30(36)26-10-11-27(25-8-6-7-9-28(25)37-4)31-29(26)35-20-22(2)38-23(3)21-35/h6-11,22-24H,5,12-21H2,1-4H3/t22-,23+. The molecule has 0 N–H and O–H groups in total. The molecule has 0 aliphatic carbocycles. The van der Waals surface area contributed by atoms with Crippen LogP contribution in [0.5, 0.6) is 5.75 Å². The van der Waals surface area contributed by atoms with E-state index in [-0.39, 0.29) is 18.1 Å². The molecule has 1 amide bonds. The summed E-state index contributed by atoms with van der Waals surface area (Å²) in [5.74, 6) is 1.61. The minimum Gasteiger partial charge on any atom is -0.496 e. The SMILES string of the molecule is CCN1CCN(C2CCN(C(=O)c3ccc(-c4ccccc4OC)nc3N3C[C@@H](C)O[C@@H](C)C3)CC2)CC1. The first-order chi connectivity index (χ1) is 18.5. The number of piperazine rings is 1. The predicted octanol–water partition coefficient (Wildman–Crippen LogP) is 3.61. The fourth-order valence-corrected chi connectivity index (χ4v) is 6.26. The Morgan fingerprint density at radius 2 is 1.66 bits per heavy atom. The first kappa shape index (κ1) is 26.9. The van der Waals surface area contributed by atoms with E-state index in [1.54, 1.807) is 7.11 Å². The molecule has 1 aromatic heterocycles. The molecule has 0 radical (unpaired) electrons. The molecule has 3 aliphatic heterocycles. The topological polar surface area (TPSA) is 61.4 Å². The number of amides is 1. The number of pyridine rings is 1. The number of methoxy groups -OCH3 is 1. The highest BCUT2D eigenvalue weighted by Gasteiger charge is 2.32. The van der Waals surface area contributed by atoms with Crippen LogP contribution in [0.15, 0.2) is 36.4 Å². The highest BCUT2D eigenvalue weighted by atomic mass is 16.5. The van der Waals surface area contributed by atoms with Crippen LogP contribution < -0.4 is 9.64 Å². The molecule has 0 unspecified atom stereocenters. The lowest BCUT2D eigenvalue weighted by Crippen LogP contribution is -2.53. The molecule has 4 heterocycles. The molecular weight excluding hydrogens is 478 g/mol. The van der Waals surface area contributed by atoms with E-state index in [9.17, 15) is 4.79 Å². The zero-order valence-electron chi connectivity index (χ0n) is 23.4. The van der Waals surface area contributed by atoms with Crippen LogP contribution in [-0.2, 0) is 4.74 Å². The van der Waals surface area contributed by atoms with Gasteiger partial charge in [0.25, 0.3) is 5.91 Å². The van der Waals surface area contributed by atoms with E-state index < -0.39 is 0 Å². The van der Waals surface area contributed by atoms with E-state index in [2.05, 4.69) is 35.5 Å². The Kier molecular flexibility index (Phi) is 8.51. The molecule has 2 atom stereocenters. The maximum atomic E-state index is 13.9. The fraction of sp³-hybridized carbons (Fsp3) is 0.600. The van der Waals surface area contributed by atoms with Gasteiger partial charge in [-0.15, -0.1) is 0 Å². The number of morpholine rings is 1. The largest absolute Gasteiger partial charge is 0.496 e. The van der Waals surface area contributed by atoms with Gasteiger partial charge in [0.05, 0.1) is 30.6 Å². The Balaban J connectivity index is 1.36. The summed E-state index contributed by atoms with van der Waals surface area (Å²) < 4.78 is 11.6. The first-order valence-electron chi connectivity index (χ1n) is 14.3. The molecule has 5 rings (SSSR count). The van der Waals surface area contributed by atoms with E-state index >= 15 is 0 Å². The number of piperidine rings is 1. The molecule has 8 nitrogen and oxygen atoms in total. The van der Waals surface area contributed by atoms with Crippen LogP contribution in [0.4, 0.5) is 5.82 Å². The summed E-state index contributed by atoms with van der Waals surface area (Å²) >= 11 is 0. The maximum Gasteiger partial charge on any atom is 0.257 e. The summed E-state index contributed by atoms with van der Waals surface area (Å²) in [6.07, 6.45) is 2.21. The molecular formula is C30H43N5O3. The number of carbonyl (C=O) groups is 1. The lowest BCUT2D eigenvalue weighted by Gasteiger charge is -2.43. The van der Waals surface area contributed by atoms with Gasteiger partial charge in [0.1, 0.15) is 11.6 Å². The zero-order valence-corrected chi connectivity index (χ0v) is 23.4. The second-order valence-corrected chi connectivity index (χ2v) is 10.9. The number of para-hydroxylation sites is 1. The summed E-state index contributed by atoms with van der Waals surface area (Å²) in [4.78, 5) is 28.5. The number of anilines is 1. The monoisotopic (exact) mass is 521 g/mol. The summed E-state index contributed by atoms with van der Waals surface area (Å²) in [5, 5.41) is 0. The molecule has 38 heavy (non-hydrogen) atoms. The molecule has 1 aromatic carbocycles. The smallest absolute Gasteiger partial charge is 0.257 e. The quantitative estimate of drug-likeness (QED) is 0.576. The third-order valence-corrected chi connectivity index (χ3v) is 8.33. The van der Waals surface area contributed by atoms with Crippen molar-refractivity contribution in [2.24, 2.45) is 0 Å². The summed E-state index contributed by atoms with van der Waals surface area (Å²) in [6, 6.07) is 12.4. The van der Waals surface area contributed by atoms with Crippen LogP contribution in [0.25, 0.3) is 11.3 Å². The summed E-state index contributed by atoms with van der Waals surface area (Å²) in [6.45, 7) is 15.1. The molecule has 206 valence electrons. The lowest BCUT2D eigenvalue weighted by molar-refractivity contribution is -0.00555. The Labute approximate surface area is 227 Å². The third kappa shape index (κ3) is 5.82. The van der Waals surface area contributed by atoms with Crippen molar-refractivity contribution in [3.8, 4) is 17.0 Å². The Morgan fingerprint density at radius 3 is 2.32 bits per heavy atom. The molecule has 0 bridgehead atoms. The van der Waals surface area contributed by atoms with Gasteiger partial charge < -0.3 is 24.2 Å². The highest BCUT2D eigenvalue weighted by molar-refractivity contribution is 5.99. The van der Waals surface area contributed by atoms with E-state index in [4.69, 9.17) is 14.5 Å². The summed E-state index contributed by atoms with van der Waals surface area (Å²) in [7, 11) is 1.68. The normalized spacial score (nSPS) is 24.0. The zero-order chi connectivity index (χ0) is 26.6. The Hall–Kier alpha value is -2.68. The van der Waals surface area contributed by atoms with Crippen molar-refractivity contribution in [1.29, 1.82) is 0 Å². The van der Waals surface area contributed by atoms with Gasteiger partial charge in [-0.1, -0.05) is 19.1 Å². The number of nitrogens with zero attached hydrogens (tertiary/aromatic N) is 5.